The van der Waals surface area contributed by atoms with Gasteiger partial charge in [-0.3, -0.25) is 14.9 Å². The van der Waals surface area contributed by atoms with E-state index in [1.807, 2.05) is 4.90 Å². The first kappa shape index (κ1) is 22.4. The number of nitro benzene ring substituents is 1. The van der Waals surface area contributed by atoms with Gasteiger partial charge in [-0.05, 0) is 37.3 Å². The molecule has 164 valence electrons. The van der Waals surface area contributed by atoms with Crippen molar-refractivity contribution in [2.75, 3.05) is 44.8 Å². The molecule has 0 aromatic heterocycles. The summed E-state index contributed by atoms with van der Waals surface area (Å²) in [6.07, 6.45) is 0. The van der Waals surface area contributed by atoms with Crippen molar-refractivity contribution in [1.82, 2.24) is 4.90 Å². The summed E-state index contributed by atoms with van der Waals surface area (Å²) in [4.78, 5) is 39.3. The number of hydrogen-bond acceptors (Lipinski definition) is 7. The van der Waals surface area contributed by atoms with Gasteiger partial charge >= 0.3 is 5.97 Å². The summed E-state index contributed by atoms with van der Waals surface area (Å²) in [5.74, 6) is -0.288. The van der Waals surface area contributed by atoms with Gasteiger partial charge < -0.3 is 19.3 Å². The van der Waals surface area contributed by atoms with E-state index in [9.17, 15) is 19.7 Å². The molecule has 1 aliphatic heterocycles. The molecule has 3 rings (SSSR count). The Morgan fingerprint density at radius 3 is 2.35 bits per heavy atom. The highest BCUT2D eigenvalue weighted by Crippen LogP contribution is 2.31. The molecule has 0 aliphatic carbocycles. The summed E-state index contributed by atoms with van der Waals surface area (Å²) in [6.45, 7) is 3.45. The van der Waals surface area contributed by atoms with Crippen molar-refractivity contribution in [2.45, 2.75) is 6.92 Å². The summed E-state index contributed by atoms with van der Waals surface area (Å²) >= 11 is 6.12. The van der Waals surface area contributed by atoms with E-state index in [1.165, 1.54) is 19.2 Å². The van der Waals surface area contributed by atoms with E-state index >= 15 is 0 Å². The third kappa shape index (κ3) is 4.88. The lowest BCUT2D eigenvalue weighted by molar-refractivity contribution is -0.384. The summed E-state index contributed by atoms with van der Waals surface area (Å²) in [5, 5.41) is 11.9. The number of anilines is 1. The van der Waals surface area contributed by atoms with Crippen molar-refractivity contribution < 1.29 is 24.0 Å². The molecule has 0 N–H and O–H groups in total. The van der Waals surface area contributed by atoms with Crippen LogP contribution in [0, 0.1) is 10.1 Å². The molecule has 1 saturated heterocycles. The van der Waals surface area contributed by atoms with Crippen LogP contribution in [0.5, 0.6) is 5.75 Å². The van der Waals surface area contributed by atoms with Gasteiger partial charge in [0.15, 0.2) is 0 Å². The van der Waals surface area contributed by atoms with Crippen molar-refractivity contribution in [3.63, 3.8) is 0 Å². The van der Waals surface area contributed by atoms with E-state index in [0.717, 1.165) is 0 Å². The molecule has 0 unspecified atom stereocenters. The van der Waals surface area contributed by atoms with Crippen LogP contribution in [-0.2, 0) is 4.74 Å². The van der Waals surface area contributed by atoms with Gasteiger partial charge in [-0.1, -0.05) is 11.6 Å². The lowest BCUT2D eigenvalue weighted by Crippen LogP contribution is -2.49. The molecule has 0 spiro atoms. The Hall–Kier alpha value is -3.33. The highest BCUT2D eigenvalue weighted by atomic mass is 35.5. The van der Waals surface area contributed by atoms with Crippen LogP contribution in [0.25, 0.3) is 0 Å². The fourth-order valence-electron chi connectivity index (χ4n) is 3.41. The highest BCUT2D eigenvalue weighted by molar-refractivity contribution is 6.32. The van der Waals surface area contributed by atoms with Gasteiger partial charge in [0.05, 0.1) is 29.2 Å². The van der Waals surface area contributed by atoms with Gasteiger partial charge in [0.1, 0.15) is 11.4 Å². The van der Waals surface area contributed by atoms with E-state index in [1.54, 1.807) is 36.1 Å². The first-order chi connectivity index (χ1) is 14.8. The van der Waals surface area contributed by atoms with Crippen LogP contribution in [0.1, 0.15) is 27.6 Å². The standard InChI is InChI=1S/C21H22ClN3O6/c1-3-31-21(27)15-4-6-17(18(13-15)25(28)29)23-8-10-24(11-9-23)20(26)14-5-7-19(30-2)16(22)12-14/h4-7,12-13H,3,8-11H2,1-2H3. The van der Waals surface area contributed by atoms with E-state index in [4.69, 9.17) is 21.1 Å². The number of benzene rings is 2. The van der Waals surface area contributed by atoms with Crippen molar-refractivity contribution in [1.29, 1.82) is 0 Å². The molecule has 2 aromatic carbocycles. The smallest absolute Gasteiger partial charge is 0.338 e. The zero-order chi connectivity index (χ0) is 22.5. The zero-order valence-corrected chi connectivity index (χ0v) is 17.9. The highest BCUT2D eigenvalue weighted by Gasteiger charge is 2.27. The summed E-state index contributed by atoms with van der Waals surface area (Å²) in [6, 6.07) is 9.14. The number of ether oxygens (including phenoxy) is 2. The summed E-state index contributed by atoms with van der Waals surface area (Å²) in [7, 11) is 1.50. The number of amides is 1. The molecule has 0 atom stereocenters. The van der Waals surface area contributed by atoms with E-state index in [-0.39, 0.29) is 23.8 Å². The minimum absolute atomic E-state index is 0.127. The number of hydrogen-bond donors (Lipinski definition) is 0. The predicted molar refractivity (Wildman–Crippen MR) is 115 cm³/mol. The molecule has 31 heavy (non-hydrogen) atoms. The number of nitrogens with zero attached hydrogens (tertiary/aromatic N) is 3. The second-order valence-corrected chi connectivity index (χ2v) is 7.22. The van der Waals surface area contributed by atoms with Crippen molar-refractivity contribution >= 4 is 34.9 Å². The maximum atomic E-state index is 12.8. The molecule has 1 amide bonds. The Labute approximate surface area is 184 Å². The van der Waals surface area contributed by atoms with Crippen LogP contribution in [0.15, 0.2) is 36.4 Å². The molecule has 1 fully saturated rings. The fraction of sp³-hybridized carbons (Fsp3) is 0.333. The van der Waals surface area contributed by atoms with Crippen LogP contribution in [0.4, 0.5) is 11.4 Å². The molecule has 0 radical (unpaired) electrons. The molecular formula is C21H22ClN3O6. The average molecular weight is 448 g/mol. The zero-order valence-electron chi connectivity index (χ0n) is 17.2. The van der Waals surface area contributed by atoms with Crippen LogP contribution in [0.2, 0.25) is 5.02 Å². The molecule has 10 heteroatoms. The molecule has 0 bridgehead atoms. The maximum absolute atomic E-state index is 12.8. The van der Waals surface area contributed by atoms with Crippen LogP contribution in [-0.4, -0.2) is 61.6 Å². The Morgan fingerprint density at radius 1 is 1.10 bits per heavy atom. The number of carbonyl (C=O) groups excluding carboxylic acids is 2. The molecule has 1 heterocycles. The third-order valence-electron chi connectivity index (χ3n) is 4.99. The van der Waals surface area contributed by atoms with E-state index in [0.29, 0.717) is 48.2 Å². The van der Waals surface area contributed by atoms with Crippen molar-refractivity contribution in [2.24, 2.45) is 0 Å². The Balaban J connectivity index is 1.73. The Bertz CT molecular complexity index is 1000. The lowest BCUT2D eigenvalue weighted by atomic mass is 10.1. The number of carbonyl (C=O) groups is 2. The van der Waals surface area contributed by atoms with Gasteiger partial charge in [0.2, 0.25) is 0 Å². The molecule has 1 aliphatic rings. The Morgan fingerprint density at radius 2 is 1.77 bits per heavy atom. The van der Waals surface area contributed by atoms with E-state index < -0.39 is 10.9 Å². The van der Waals surface area contributed by atoms with Gasteiger partial charge in [0.25, 0.3) is 11.6 Å². The number of nitro groups is 1. The number of methoxy groups -OCH3 is 1. The number of rotatable bonds is 6. The second-order valence-electron chi connectivity index (χ2n) is 6.81. The SMILES string of the molecule is CCOC(=O)c1ccc(N2CCN(C(=O)c3ccc(OC)c(Cl)c3)CC2)c([N+](=O)[O-])c1. The second kappa shape index (κ2) is 9.65. The van der Waals surface area contributed by atoms with Crippen molar-refractivity contribution in [3.05, 3.63) is 62.7 Å². The van der Waals surface area contributed by atoms with Gasteiger partial charge in [0, 0.05) is 37.8 Å². The average Bonchev–Trinajstić information content (AvgIpc) is 2.78. The quantitative estimate of drug-likeness (QED) is 0.380. The molecule has 2 aromatic rings. The number of halogens is 1. The third-order valence-corrected chi connectivity index (χ3v) is 5.28. The molecule has 0 saturated carbocycles. The van der Waals surface area contributed by atoms with Crippen LogP contribution in [0.3, 0.4) is 0 Å². The molecule has 9 nitrogen and oxygen atoms in total. The monoisotopic (exact) mass is 447 g/mol. The lowest BCUT2D eigenvalue weighted by Gasteiger charge is -2.36. The van der Waals surface area contributed by atoms with Gasteiger partial charge in [-0.15, -0.1) is 0 Å². The minimum atomic E-state index is -0.606. The van der Waals surface area contributed by atoms with Crippen LogP contribution >= 0.6 is 11.6 Å². The van der Waals surface area contributed by atoms with Gasteiger partial charge in [-0.25, -0.2) is 4.79 Å². The number of piperazine rings is 1. The first-order valence-electron chi connectivity index (χ1n) is 9.69. The predicted octanol–water partition coefficient (Wildman–Crippen LogP) is 3.40. The summed E-state index contributed by atoms with van der Waals surface area (Å²) < 4.78 is 10.0. The normalized spacial score (nSPS) is 13.6. The largest absolute Gasteiger partial charge is 0.495 e. The Kier molecular flexibility index (Phi) is 6.96. The van der Waals surface area contributed by atoms with Gasteiger partial charge in [-0.2, -0.15) is 0 Å². The molecular weight excluding hydrogens is 426 g/mol. The summed E-state index contributed by atoms with van der Waals surface area (Å²) in [5.41, 5.74) is 0.802. The maximum Gasteiger partial charge on any atom is 0.338 e. The first-order valence-corrected chi connectivity index (χ1v) is 10.1. The number of esters is 1. The minimum Gasteiger partial charge on any atom is -0.495 e. The fourth-order valence-corrected chi connectivity index (χ4v) is 3.67. The topological polar surface area (TPSA) is 102 Å². The van der Waals surface area contributed by atoms with Crippen molar-refractivity contribution in [3.8, 4) is 5.75 Å². The van der Waals surface area contributed by atoms with Crippen LogP contribution < -0.4 is 9.64 Å². The van der Waals surface area contributed by atoms with E-state index in [2.05, 4.69) is 0 Å².